The molecule has 9 heteroatoms. The molecule has 0 aliphatic carbocycles. The maximum atomic E-state index is 13.3. The van der Waals surface area contributed by atoms with Gasteiger partial charge in [-0.2, -0.15) is 13.2 Å². The zero-order valence-electron chi connectivity index (χ0n) is 13.1. The SMILES string of the molecule is O=C1C(C(F)(F)F)CN(Cc2ccccc2)N1c1c(Cl)cc(Cl)cc1Cl. The number of carbonyl (C=O) groups excluding carboxylic acids is 1. The van der Waals surface area contributed by atoms with Gasteiger partial charge < -0.3 is 0 Å². The first kappa shape index (κ1) is 19.3. The van der Waals surface area contributed by atoms with Crippen LogP contribution < -0.4 is 5.01 Å². The Labute approximate surface area is 162 Å². The highest BCUT2D eigenvalue weighted by Gasteiger charge is 2.54. The molecule has 0 radical (unpaired) electrons. The highest BCUT2D eigenvalue weighted by Crippen LogP contribution is 2.43. The lowest BCUT2D eigenvalue weighted by Crippen LogP contribution is -2.39. The molecule has 0 saturated carbocycles. The summed E-state index contributed by atoms with van der Waals surface area (Å²) >= 11 is 18.1. The Morgan fingerprint density at radius 3 is 2.15 bits per heavy atom. The summed E-state index contributed by atoms with van der Waals surface area (Å²) in [6.45, 7) is -0.430. The molecule has 1 amide bonds. The maximum Gasteiger partial charge on any atom is 0.401 e. The highest BCUT2D eigenvalue weighted by atomic mass is 35.5. The Bertz CT molecular complexity index is 807. The molecule has 1 atom stereocenters. The smallest absolute Gasteiger partial charge is 0.272 e. The van der Waals surface area contributed by atoms with E-state index in [4.69, 9.17) is 34.8 Å². The van der Waals surface area contributed by atoms with E-state index in [-0.39, 0.29) is 27.3 Å². The second-order valence-electron chi connectivity index (χ2n) is 5.80. The molecule has 1 aliphatic heterocycles. The summed E-state index contributed by atoms with van der Waals surface area (Å²) in [7, 11) is 0. The van der Waals surface area contributed by atoms with Crippen LogP contribution in [-0.2, 0) is 11.3 Å². The molecule has 1 saturated heterocycles. The third-order valence-corrected chi connectivity index (χ3v) is 4.77. The fourth-order valence-electron chi connectivity index (χ4n) is 2.82. The third-order valence-electron chi connectivity index (χ3n) is 3.98. The molecule has 2 aromatic rings. The lowest BCUT2D eigenvalue weighted by atomic mass is 10.1. The fraction of sp³-hybridized carbons (Fsp3) is 0.235. The standard InChI is InChI=1S/C17H12Cl3F3N2O/c18-11-6-13(19)15(14(20)7-11)25-16(26)12(17(21,22)23)9-24(25)8-10-4-2-1-3-5-10/h1-7,12H,8-9H2. The summed E-state index contributed by atoms with van der Waals surface area (Å²) in [6.07, 6.45) is -4.67. The van der Waals surface area contributed by atoms with Crippen LogP contribution in [0, 0.1) is 5.92 Å². The van der Waals surface area contributed by atoms with Gasteiger partial charge in [-0.25, -0.2) is 10.0 Å². The number of nitrogens with zero attached hydrogens (tertiary/aromatic N) is 2. The van der Waals surface area contributed by atoms with Crippen molar-refractivity contribution in [2.75, 3.05) is 11.6 Å². The van der Waals surface area contributed by atoms with E-state index in [9.17, 15) is 18.0 Å². The van der Waals surface area contributed by atoms with Crippen molar-refractivity contribution in [1.29, 1.82) is 0 Å². The number of hydrogen-bond donors (Lipinski definition) is 0. The van der Waals surface area contributed by atoms with Gasteiger partial charge in [0, 0.05) is 18.1 Å². The molecule has 1 fully saturated rings. The average molecular weight is 424 g/mol. The van der Waals surface area contributed by atoms with Gasteiger partial charge in [0.1, 0.15) is 5.92 Å². The normalized spacial score (nSPS) is 18.6. The van der Waals surface area contributed by atoms with E-state index in [2.05, 4.69) is 0 Å². The minimum absolute atomic E-state index is 0.00302. The predicted octanol–water partition coefficient (Wildman–Crippen LogP) is 5.59. The van der Waals surface area contributed by atoms with Crippen LogP contribution in [-0.4, -0.2) is 23.6 Å². The summed E-state index contributed by atoms with van der Waals surface area (Å²) in [5, 5.41) is 2.41. The van der Waals surface area contributed by atoms with Crippen LogP contribution in [0.2, 0.25) is 15.1 Å². The summed E-state index contributed by atoms with van der Waals surface area (Å²) in [5.41, 5.74) is 0.736. The molecule has 1 heterocycles. The Balaban J connectivity index is 2.04. The third kappa shape index (κ3) is 3.78. The zero-order chi connectivity index (χ0) is 19.1. The summed E-state index contributed by atoms with van der Waals surface area (Å²) in [5.74, 6) is -3.28. The lowest BCUT2D eigenvalue weighted by molar-refractivity contribution is -0.175. The van der Waals surface area contributed by atoms with Crippen LogP contribution in [0.25, 0.3) is 0 Å². The van der Waals surface area contributed by atoms with Crippen LogP contribution in [0.1, 0.15) is 5.56 Å². The minimum atomic E-state index is -4.67. The number of anilines is 1. The van der Waals surface area contributed by atoms with Crippen LogP contribution in [0.3, 0.4) is 0 Å². The molecule has 1 aliphatic rings. The number of alkyl halides is 3. The number of halogens is 6. The quantitative estimate of drug-likeness (QED) is 0.642. The van der Waals surface area contributed by atoms with Gasteiger partial charge in [-0.05, 0) is 17.7 Å². The molecule has 26 heavy (non-hydrogen) atoms. The lowest BCUT2D eigenvalue weighted by Gasteiger charge is -2.29. The maximum absolute atomic E-state index is 13.3. The Morgan fingerprint density at radius 2 is 1.62 bits per heavy atom. The van der Waals surface area contributed by atoms with Crippen molar-refractivity contribution in [1.82, 2.24) is 5.01 Å². The zero-order valence-corrected chi connectivity index (χ0v) is 15.4. The van der Waals surface area contributed by atoms with Gasteiger partial charge in [0.15, 0.2) is 0 Å². The molecule has 0 spiro atoms. The number of carbonyl (C=O) groups is 1. The van der Waals surface area contributed by atoms with E-state index in [1.807, 2.05) is 0 Å². The Morgan fingerprint density at radius 1 is 1.04 bits per heavy atom. The van der Waals surface area contributed by atoms with Crippen molar-refractivity contribution in [2.45, 2.75) is 12.7 Å². The first-order chi connectivity index (χ1) is 12.2. The molecule has 0 N–H and O–H groups in total. The second-order valence-corrected chi connectivity index (χ2v) is 7.05. The number of hydrogen-bond acceptors (Lipinski definition) is 2. The number of benzene rings is 2. The van der Waals surface area contributed by atoms with Crippen LogP contribution in [0.15, 0.2) is 42.5 Å². The van der Waals surface area contributed by atoms with Crippen LogP contribution in [0.5, 0.6) is 0 Å². The van der Waals surface area contributed by atoms with Gasteiger partial charge in [0.2, 0.25) is 0 Å². The van der Waals surface area contributed by atoms with E-state index in [1.54, 1.807) is 30.3 Å². The van der Waals surface area contributed by atoms with Gasteiger partial charge in [0.05, 0.1) is 15.7 Å². The van der Waals surface area contributed by atoms with Crippen LogP contribution in [0.4, 0.5) is 18.9 Å². The largest absolute Gasteiger partial charge is 0.401 e. The van der Waals surface area contributed by atoms with Gasteiger partial charge in [-0.15, -0.1) is 0 Å². The van der Waals surface area contributed by atoms with E-state index >= 15 is 0 Å². The molecule has 138 valence electrons. The first-order valence-corrected chi connectivity index (χ1v) is 8.66. The first-order valence-electron chi connectivity index (χ1n) is 7.52. The van der Waals surface area contributed by atoms with Crippen molar-refractivity contribution >= 4 is 46.4 Å². The molecule has 0 bridgehead atoms. The van der Waals surface area contributed by atoms with Crippen molar-refractivity contribution < 1.29 is 18.0 Å². The molecule has 1 unspecified atom stereocenters. The fourth-order valence-corrected chi connectivity index (χ4v) is 3.80. The Kier molecular flexibility index (Phi) is 5.40. The summed E-state index contributed by atoms with van der Waals surface area (Å²) in [4.78, 5) is 12.6. The molecular formula is C17H12Cl3F3N2O. The van der Waals surface area contributed by atoms with Crippen LogP contribution >= 0.6 is 34.8 Å². The van der Waals surface area contributed by atoms with Crippen molar-refractivity contribution in [3.8, 4) is 0 Å². The number of rotatable bonds is 3. The van der Waals surface area contributed by atoms with Crippen molar-refractivity contribution in [3.63, 3.8) is 0 Å². The van der Waals surface area contributed by atoms with Gasteiger partial charge in [-0.3, -0.25) is 4.79 Å². The molecule has 0 aromatic heterocycles. The highest BCUT2D eigenvalue weighted by molar-refractivity contribution is 6.42. The molecular weight excluding hydrogens is 412 g/mol. The second kappa shape index (κ2) is 7.27. The van der Waals surface area contributed by atoms with E-state index < -0.39 is 24.5 Å². The summed E-state index contributed by atoms with van der Waals surface area (Å²) in [6, 6.07) is 11.5. The van der Waals surface area contributed by atoms with Crippen molar-refractivity contribution in [2.24, 2.45) is 5.92 Å². The van der Waals surface area contributed by atoms with Gasteiger partial charge >= 0.3 is 6.18 Å². The van der Waals surface area contributed by atoms with E-state index in [1.165, 1.54) is 17.1 Å². The number of hydrazine groups is 1. The minimum Gasteiger partial charge on any atom is -0.272 e. The van der Waals surface area contributed by atoms with Crippen molar-refractivity contribution in [3.05, 3.63) is 63.1 Å². The average Bonchev–Trinajstić information content (AvgIpc) is 2.85. The predicted molar refractivity (Wildman–Crippen MR) is 95.4 cm³/mol. The topological polar surface area (TPSA) is 23.6 Å². The van der Waals surface area contributed by atoms with E-state index in [0.29, 0.717) is 0 Å². The molecule has 2 aromatic carbocycles. The Hall–Kier alpha value is -1.47. The summed E-state index contributed by atoms with van der Waals surface area (Å²) < 4.78 is 39.9. The number of amides is 1. The van der Waals surface area contributed by atoms with Gasteiger partial charge in [-0.1, -0.05) is 65.1 Å². The molecule has 3 nitrogen and oxygen atoms in total. The monoisotopic (exact) mass is 422 g/mol. The molecule has 3 rings (SSSR count). The van der Waals surface area contributed by atoms with Gasteiger partial charge in [0.25, 0.3) is 5.91 Å². The van der Waals surface area contributed by atoms with E-state index in [0.717, 1.165) is 10.6 Å².